The van der Waals surface area contributed by atoms with E-state index in [1.807, 2.05) is 68.4 Å². The Kier molecular flexibility index (Phi) is 5.35. The Labute approximate surface area is 174 Å². The molecule has 0 spiro atoms. The van der Waals surface area contributed by atoms with Crippen molar-refractivity contribution in [2.75, 3.05) is 5.32 Å². The van der Waals surface area contributed by atoms with Gasteiger partial charge in [0.1, 0.15) is 11.3 Å². The third-order valence-electron chi connectivity index (χ3n) is 5.00. The summed E-state index contributed by atoms with van der Waals surface area (Å²) in [5.41, 5.74) is 3.29. The number of amides is 2. The van der Waals surface area contributed by atoms with Crippen LogP contribution in [0.4, 0.5) is 5.69 Å². The zero-order valence-electron chi connectivity index (χ0n) is 16.8. The average molecular weight is 398 g/mol. The fourth-order valence-electron chi connectivity index (χ4n) is 3.25. The molecule has 2 amide bonds. The number of para-hydroxylation sites is 1. The molecular weight excluding hydrogens is 376 g/mol. The molecule has 4 aromatic rings. The fraction of sp³-hybridized carbons (Fsp3) is 0.120. The van der Waals surface area contributed by atoms with Gasteiger partial charge in [-0.3, -0.25) is 9.59 Å². The molecule has 0 fully saturated rings. The van der Waals surface area contributed by atoms with E-state index in [1.54, 1.807) is 24.3 Å². The van der Waals surface area contributed by atoms with Gasteiger partial charge >= 0.3 is 0 Å². The van der Waals surface area contributed by atoms with Crippen LogP contribution in [-0.4, -0.2) is 11.8 Å². The van der Waals surface area contributed by atoms with Crippen molar-refractivity contribution in [2.24, 2.45) is 0 Å². The smallest absolute Gasteiger partial charge is 0.255 e. The molecule has 2 N–H and O–H groups in total. The lowest BCUT2D eigenvalue weighted by molar-refractivity contribution is 0.0934. The van der Waals surface area contributed by atoms with Crippen molar-refractivity contribution in [1.29, 1.82) is 0 Å². The lowest BCUT2D eigenvalue weighted by Gasteiger charge is -2.14. The van der Waals surface area contributed by atoms with Crippen molar-refractivity contribution >= 4 is 28.5 Å². The highest BCUT2D eigenvalue weighted by atomic mass is 16.3. The van der Waals surface area contributed by atoms with Gasteiger partial charge in [-0.2, -0.15) is 0 Å². The molecule has 1 unspecified atom stereocenters. The quantitative estimate of drug-likeness (QED) is 0.467. The number of nitrogens with one attached hydrogen (secondary N) is 2. The largest absolute Gasteiger partial charge is 0.459 e. The standard InChI is InChI=1S/C25H22N2O3/c1-16-12-13-20(14-21(16)27-24(28)18-8-4-3-5-9-18)25(29)26-17(2)23-15-19-10-6-7-11-22(19)30-23/h3-15,17H,1-2H3,(H,26,29)(H,27,28). The molecule has 0 radical (unpaired) electrons. The van der Waals surface area contributed by atoms with Gasteiger partial charge in [0.2, 0.25) is 0 Å². The van der Waals surface area contributed by atoms with Crippen LogP contribution in [-0.2, 0) is 0 Å². The summed E-state index contributed by atoms with van der Waals surface area (Å²) in [6, 6.07) is 23.6. The van der Waals surface area contributed by atoms with Crippen molar-refractivity contribution in [3.8, 4) is 0 Å². The number of anilines is 1. The summed E-state index contributed by atoms with van der Waals surface area (Å²) < 4.78 is 5.84. The van der Waals surface area contributed by atoms with Gasteiger partial charge in [0.05, 0.1) is 6.04 Å². The zero-order chi connectivity index (χ0) is 21.1. The summed E-state index contributed by atoms with van der Waals surface area (Å²) in [5.74, 6) is 0.235. The van der Waals surface area contributed by atoms with E-state index in [-0.39, 0.29) is 17.9 Å². The number of hydrogen-bond donors (Lipinski definition) is 2. The van der Waals surface area contributed by atoms with Crippen molar-refractivity contribution in [1.82, 2.24) is 5.32 Å². The minimum Gasteiger partial charge on any atom is -0.459 e. The number of carbonyl (C=O) groups is 2. The monoisotopic (exact) mass is 398 g/mol. The van der Waals surface area contributed by atoms with Gasteiger partial charge in [-0.05, 0) is 55.8 Å². The third-order valence-corrected chi connectivity index (χ3v) is 5.00. The molecule has 0 saturated heterocycles. The summed E-state index contributed by atoms with van der Waals surface area (Å²) in [7, 11) is 0. The Hall–Kier alpha value is -3.86. The van der Waals surface area contributed by atoms with E-state index in [0.717, 1.165) is 16.5 Å². The molecule has 30 heavy (non-hydrogen) atoms. The lowest BCUT2D eigenvalue weighted by atomic mass is 10.1. The molecule has 5 nitrogen and oxygen atoms in total. The minimum absolute atomic E-state index is 0.216. The second-order valence-electron chi connectivity index (χ2n) is 7.23. The van der Waals surface area contributed by atoms with E-state index in [0.29, 0.717) is 22.6 Å². The molecular formula is C25H22N2O3. The number of benzene rings is 3. The summed E-state index contributed by atoms with van der Waals surface area (Å²) in [4.78, 5) is 25.3. The van der Waals surface area contributed by atoms with E-state index in [4.69, 9.17) is 4.42 Å². The molecule has 4 rings (SSSR count). The molecule has 3 aromatic carbocycles. The van der Waals surface area contributed by atoms with Crippen LogP contribution in [0.25, 0.3) is 11.0 Å². The molecule has 1 atom stereocenters. The normalized spacial score (nSPS) is 11.8. The van der Waals surface area contributed by atoms with Gasteiger partial charge in [-0.25, -0.2) is 0 Å². The van der Waals surface area contributed by atoms with Gasteiger partial charge in [-0.15, -0.1) is 0 Å². The van der Waals surface area contributed by atoms with Crippen LogP contribution < -0.4 is 10.6 Å². The van der Waals surface area contributed by atoms with Crippen molar-refractivity contribution in [3.63, 3.8) is 0 Å². The first kappa shape index (κ1) is 19.5. The van der Waals surface area contributed by atoms with Crippen LogP contribution in [0.5, 0.6) is 0 Å². The fourth-order valence-corrected chi connectivity index (χ4v) is 3.25. The van der Waals surface area contributed by atoms with Crippen LogP contribution in [0.1, 0.15) is 45.0 Å². The summed E-state index contributed by atoms with van der Waals surface area (Å²) in [6.45, 7) is 3.77. The first-order chi connectivity index (χ1) is 14.5. The second kappa shape index (κ2) is 8.25. The lowest BCUT2D eigenvalue weighted by Crippen LogP contribution is -2.26. The predicted molar refractivity (Wildman–Crippen MR) is 118 cm³/mol. The Bertz CT molecular complexity index is 1180. The molecule has 0 saturated carbocycles. The Balaban J connectivity index is 1.50. The number of rotatable bonds is 5. The number of fused-ring (bicyclic) bond motifs is 1. The number of furan rings is 1. The molecule has 150 valence electrons. The van der Waals surface area contributed by atoms with Crippen molar-refractivity contribution in [3.05, 3.63) is 101 Å². The van der Waals surface area contributed by atoms with Gasteiger partial charge < -0.3 is 15.1 Å². The molecule has 0 aliphatic rings. The van der Waals surface area contributed by atoms with Crippen LogP contribution in [0.15, 0.2) is 83.3 Å². The third kappa shape index (κ3) is 4.10. The van der Waals surface area contributed by atoms with Crippen molar-refractivity contribution < 1.29 is 14.0 Å². The van der Waals surface area contributed by atoms with E-state index in [2.05, 4.69) is 10.6 Å². The maximum Gasteiger partial charge on any atom is 0.255 e. The molecule has 5 heteroatoms. The van der Waals surface area contributed by atoms with Crippen LogP contribution in [0.3, 0.4) is 0 Å². The van der Waals surface area contributed by atoms with E-state index < -0.39 is 0 Å². The molecule has 0 aliphatic heterocycles. The Morgan fingerprint density at radius 2 is 1.57 bits per heavy atom. The second-order valence-corrected chi connectivity index (χ2v) is 7.23. The van der Waals surface area contributed by atoms with Crippen LogP contribution >= 0.6 is 0 Å². The Morgan fingerprint density at radius 1 is 0.833 bits per heavy atom. The van der Waals surface area contributed by atoms with E-state index >= 15 is 0 Å². The van der Waals surface area contributed by atoms with Gasteiger partial charge in [-0.1, -0.05) is 42.5 Å². The maximum absolute atomic E-state index is 12.8. The van der Waals surface area contributed by atoms with Gasteiger partial charge in [0, 0.05) is 22.2 Å². The molecule has 1 aromatic heterocycles. The topological polar surface area (TPSA) is 71.3 Å². The highest BCUT2D eigenvalue weighted by Crippen LogP contribution is 2.24. The Morgan fingerprint density at radius 3 is 2.33 bits per heavy atom. The van der Waals surface area contributed by atoms with Gasteiger partial charge in [0.15, 0.2) is 0 Å². The predicted octanol–water partition coefficient (Wildman–Crippen LogP) is 5.48. The van der Waals surface area contributed by atoms with Crippen molar-refractivity contribution in [2.45, 2.75) is 19.9 Å². The zero-order valence-corrected chi connectivity index (χ0v) is 16.8. The van der Waals surface area contributed by atoms with Crippen LogP contribution in [0.2, 0.25) is 0 Å². The molecule has 1 heterocycles. The first-order valence-electron chi connectivity index (χ1n) is 9.77. The van der Waals surface area contributed by atoms with E-state index in [1.165, 1.54) is 0 Å². The number of hydrogen-bond acceptors (Lipinski definition) is 3. The first-order valence-corrected chi connectivity index (χ1v) is 9.77. The van der Waals surface area contributed by atoms with E-state index in [9.17, 15) is 9.59 Å². The number of carbonyl (C=O) groups excluding carboxylic acids is 2. The highest BCUT2D eigenvalue weighted by molar-refractivity contribution is 6.05. The highest BCUT2D eigenvalue weighted by Gasteiger charge is 2.17. The SMILES string of the molecule is Cc1ccc(C(=O)NC(C)c2cc3ccccc3o2)cc1NC(=O)c1ccccc1. The minimum atomic E-state index is -0.298. The summed E-state index contributed by atoms with van der Waals surface area (Å²) in [6.07, 6.45) is 0. The summed E-state index contributed by atoms with van der Waals surface area (Å²) in [5, 5.41) is 6.84. The maximum atomic E-state index is 12.8. The molecule has 0 aliphatic carbocycles. The molecule has 0 bridgehead atoms. The van der Waals surface area contributed by atoms with Crippen LogP contribution in [0, 0.1) is 6.92 Å². The summed E-state index contributed by atoms with van der Waals surface area (Å²) >= 11 is 0. The van der Waals surface area contributed by atoms with Gasteiger partial charge in [0.25, 0.3) is 11.8 Å². The average Bonchev–Trinajstić information content (AvgIpc) is 3.20. The number of aryl methyl sites for hydroxylation is 1.